The van der Waals surface area contributed by atoms with Crippen LogP contribution in [0.1, 0.15) is 44.3 Å². The highest BCUT2D eigenvalue weighted by atomic mass is 32.2. The van der Waals surface area contributed by atoms with Crippen molar-refractivity contribution in [2.45, 2.75) is 55.1 Å². The largest absolute Gasteiger partial charge is 0.506 e. The van der Waals surface area contributed by atoms with E-state index in [0.29, 0.717) is 23.5 Å². The molecular weight excluding hydrogens is 288 g/mol. The van der Waals surface area contributed by atoms with Crippen molar-refractivity contribution in [1.29, 1.82) is 0 Å². The molecule has 0 aromatic carbocycles. The maximum absolute atomic E-state index is 13.1. The first-order valence-electron chi connectivity index (χ1n) is 7.72. The molecule has 0 amide bonds. The Balaban J connectivity index is 1.77. The SMILES string of the molecule is Cc1cc(O)c(S(=O)C23CC4CC(CC(C4)C2)C3)c(=O)o1. The molecule has 4 saturated carbocycles. The van der Waals surface area contributed by atoms with Gasteiger partial charge in [0.2, 0.25) is 0 Å². The molecule has 0 saturated heterocycles. The third kappa shape index (κ3) is 2.00. The van der Waals surface area contributed by atoms with E-state index in [1.165, 1.54) is 25.3 Å². The summed E-state index contributed by atoms with van der Waals surface area (Å²) in [6.45, 7) is 1.61. The van der Waals surface area contributed by atoms with Gasteiger partial charge in [-0.3, -0.25) is 4.21 Å². The third-order valence-electron chi connectivity index (χ3n) is 5.57. The minimum absolute atomic E-state index is 0.0115. The Hall–Kier alpha value is -1.10. The lowest BCUT2D eigenvalue weighted by atomic mass is 9.56. The fraction of sp³-hybridized carbons (Fsp3) is 0.688. The van der Waals surface area contributed by atoms with E-state index in [-0.39, 0.29) is 15.4 Å². The normalized spacial score (nSPS) is 38.6. The molecule has 0 aliphatic heterocycles. The lowest BCUT2D eigenvalue weighted by Crippen LogP contribution is -2.53. The second kappa shape index (κ2) is 4.45. The number of hydrogen-bond donors (Lipinski definition) is 1. The van der Waals surface area contributed by atoms with Crippen molar-refractivity contribution in [2.24, 2.45) is 17.8 Å². The van der Waals surface area contributed by atoms with Crippen molar-refractivity contribution in [1.82, 2.24) is 0 Å². The Morgan fingerprint density at radius 3 is 2.19 bits per heavy atom. The maximum Gasteiger partial charge on any atom is 0.356 e. The van der Waals surface area contributed by atoms with Crippen molar-refractivity contribution in [2.75, 3.05) is 0 Å². The van der Waals surface area contributed by atoms with E-state index in [1.54, 1.807) is 6.92 Å². The van der Waals surface area contributed by atoms with Gasteiger partial charge in [0.05, 0.1) is 15.5 Å². The first-order chi connectivity index (χ1) is 9.97. The molecule has 5 rings (SSSR count). The fourth-order valence-corrected chi connectivity index (χ4v) is 7.27. The number of aromatic hydroxyl groups is 1. The van der Waals surface area contributed by atoms with Gasteiger partial charge < -0.3 is 9.52 Å². The second-order valence-corrected chi connectivity index (χ2v) is 9.04. The van der Waals surface area contributed by atoms with Crippen LogP contribution in [0.3, 0.4) is 0 Å². The second-order valence-electron chi connectivity index (χ2n) is 7.23. The van der Waals surface area contributed by atoms with Gasteiger partial charge in [-0.1, -0.05) is 0 Å². The summed E-state index contributed by atoms with van der Waals surface area (Å²) < 4.78 is 17.9. The summed E-state index contributed by atoms with van der Waals surface area (Å²) in [6, 6.07) is 1.40. The highest BCUT2D eigenvalue weighted by molar-refractivity contribution is 7.86. The summed E-state index contributed by atoms with van der Waals surface area (Å²) in [6.07, 6.45) is 6.55. The molecule has 4 bridgehead atoms. The molecule has 5 heteroatoms. The van der Waals surface area contributed by atoms with E-state index < -0.39 is 16.4 Å². The predicted molar refractivity (Wildman–Crippen MR) is 78.7 cm³/mol. The van der Waals surface area contributed by atoms with Crippen LogP contribution in [-0.2, 0) is 10.8 Å². The van der Waals surface area contributed by atoms with E-state index in [2.05, 4.69) is 0 Å². The molecule has 1 aromatic rings. The monoisotopic (exact) mass is 308 g/mol. The first kappa shape index (κ1) is 13.6. The standard InChI is InChI=1S/C16H20O4S/c1-9-2-13(17)14(15(18)20-9)21(19)16-6-10-3-11(7-16)5-12(4-10)8-16/h2,10-12,17H,3-8H2,1H3. The van der Waals surface area contributed by atoms with Crippen molar-refractivity contribution in [3.63, 3.8) is 0 Å². The highest BCUT2D eigenvalue weighted by Gasteiger charge is 2.55. The van der Waals surface area contributed by atoms with E-state index >= 15 is 0 Å². The molecule has 0 radical (unpaired) electrons. The number of hydrogen-bond acceptors (Lipinski definition) is 4. The minimum Gasteiger partial charge on any atom is -0.506 e. The van der Waals surface area contributed by atoms with Crippen LogP contribution in [0.25, 0.3) is 0 Å². The van der Waals surface area contributed by atoms with Gasteiger partial charge in [-0.15, -0.1) is 0 Å². The topological polar surface area (TPSA) is 67.5 Å². The van der Waals surface area contributed by atoms with Crippen LogP contribution in [0.5, 0.6) is 5.75 Å². The van der Waals surface area contributed by atoms with Gasteiger partial charge in [-0.25, -0.2) is 4.79 Å². The van der Waals surface area contributed by atoms with Gasteiger partial charge in [0, 0.05) is 6.07 Å². The highest BCUT2D eigenvalue weighted by Crippen LogP contribution is 2.58. The summed E-state index contributed by atoms with van der Waals surface area (Å²) >= 11 is 0. The zero-order valence-electron chi connectivity index (χ0n) is 12.1. The van der Waals surface area contributed by atoms with Crippen LogP contribution in [0.4, 0.5) is 0 Å². The lowest BCUT2D eigenvalue weighted by molar-refractivity contribution is 0.0359. The Morgan fingerprint density at radius 2 is 1.71 bits per heavy atom. The first-order valence-corrected chi connectivity index (χ1v) is 8.87. The molecule has 4 fully saturated rings. The van der Waals surface area contributed by atoms with Crippen LogP contribution >= 0.6 is 0 Å². The molecule has 1 unspecified atom stereocenters. The van der Waals surface area contributed by atoms with Gasteiger partial charge >= 0.3 is 5.63 Å². The van der Waals surface area contributed by atoms with Gasteiger partial charge in [0.15, 0.2) is 4.90 Å². The van der Waals surface area contributed by atoms with Crippen molar-refractivity contribution >= 4 is 10.8 Å². The van der Waals surface area contributed by atoms with E-state index in [9.17, 15) is 14.1 Å². The molecule has 1 atom stereocenters. The Kier molecular flexibility index (Phi) is 2.87. The van der Waals surface area contributed by atoms with Crippen molar-refractivity contribution in [3.8, 4) is 5.75 Å². The van der Waals surface area contributed by atoms with Crippen molar-refractivity contribution < 1.29 is 13.7 Å². The molecule has 21 heavy (non-hydrogen) atoms. The zero-order valence-corrected chi connectivity index (χ0v) is 12.9. The molecule has 1 N–H and O–H groups in total. The third-order valence-corrected chi connectivity index (χ3v) is 7.61. The van der Waals surface area contributed by atoms with Crippen LogP contribution in [0.15, 0.2) is 20.2 Å². The average Bonchev–Trinajstić information content (AvgIpc) is 2.35. The Labute approximate surface area is 126 Å². The fourth-order valence-electron chi connectivity index (χ4n) is 5.23. The van der Waals surface area contributed by atoms with Gasteiger partial charge in [0.25, 0.3) is 0 Å². The molecule has 0 spiro atoms. The quantitative estimate of drug-likeness (QED) is 0.912. The summed E-state index contributed by atoms with van der Waals surface area (Å²) in [7, 11) is -1.48. The molecule has 114 valence electrons. The number of rotatable bonds is 2. The molecular formula is C16H20O4S. The summed E-state index contributed by atoms with van der Waals surface area (Å²) in [5, 5.41) is 10.1. The molecule has 4 aliphatic carbocycles. The molecule has 4 nitrogen and oxygen atoms in total. The Morgan fingerprint density at radius 1 is 1.19 bits per heavy atom. The number of aryl methyl sites for hydroxylation is 1. The molecule has 4 aliphatic rings. The summed E-state index contributed by atoms with van der Waals surface area (Å²) in [4.78, 5) is 12.1. The van der Waals surface area contributed by atoms with E-state index in [1.807, 2.05) is 0 Å². The van der Waals surface area contributed by atoms with Crippen LogP contribution < -0.4 is 5.63 Å². The minimum atomic E-state index is -1.48. The maximum atomic E-state index is 13.1. The van der Waals surface area contributed by atoms with E-state index in [0.717, 1.165) is 19.3 Å². The van der Waals surface area contributed by atoms with Gasteiger partial charge in [-0.05, 0) is 63.2 Å². The van der Waals surface area contributed by atoms with Crippen LogP contribution in [0.2, 0.25) is 0 Å². The molecule has 1 heterocycles. The molecule has 1 aromatic heterocycles. The van der Waals surface area contributed by atoms with Gasteiger partial charge in [0.1, 0.15) is 11.5 Å². The Bertz CT molecular complexity index is 640. The zero-order chi connectivity index (χ0) is 14.8. The average molecular weight is 308 g/mol. The summed E-state index contributed by atoms with van der Waals surface area (Å²) in [5.41, 5.74) is -0.637. The van der Waals surface area contributed by atoms with Crippen molar-refractivity contribution in [3.05, 3.63) is 22.2 Å². The summed E-state index contributed by atoms with van der Waals surface area (Å²) in [5.74, 6) is 2.14. The predicted octanol–water partition coefficient (Wildman–Crippen LogP) is 2.73. The van der Waals surface area contributed by atoms with Crippen LogP contribution in [-0.4, -0.2) is 14.1 Å². The lowest BCUT2D eigenvalue weighted by Gasteiger charge is -2.55. The smallest absolute Gasteiger partial charge is 0.356 e. The van der Waals surface area contributed by atoms with Crippen LogP contribution in [0, 0.1) is 24.7 Å². The van der Waals surface area contributed by atoms with E-state index in [4.69, 9.17) is 4.42 Å². The van der Waals surface area contributed by atoms with Gasteiger partial charge in [-0.2, -0.15) is 0 Å².